The van der Waals surface area contributed by atoms with Crippen LogP contribution >= 0.6 is 11.6 Å². The highest BCUT2D eigenvalue weighted by atomic mass is 35.5. The monoisotopic (exact) mass is 333 g/mol. The minimum Gasteiger partial charge on any atom is -0.391 e. The minimum absolute atomic E-state index is 0.0470. The Kier molecular flexibility index (Phi) is 4.02. The van der Waals surface area contributed by atoms with E-state index in [0.717, 1.165) is 5.56 Å². The molecule has 2 aromatic heterocycles. The van der Waals surface area contributed by atoms with Crippen molar-refractivity contribution >= 4 is 28.8 Å². The van der Waals surface area contributed by atoms with Crippen molar-refractivity contribution in [3.05, 3.63) is 68.8 Å². The number of aliphatic hydroxyl groups is 1. The summed E-state index contributed by atoms with van der Waals surface area (Å²) in [6.07, 6.45) is 1.59. The quantitative estimate of drug-likeness (QED) is 0.773. The molecule has 0 radical (unpaired) electrons. The molecule has 3 rings (SSSR count). The molecule has 7 heteroatoms. The van der Waals surface area contributed by atoms with Gasteiger partial charge in [-0.1, -0.05) is 17.7 Å². The molecule has 2 heterocycles. The van der Waals surface area contributed by atoms with E-state index in [4.69, 9.17) is 11.6 Å². The number of hydrogen-bond donors (Lipinski definition) is 2. The first kappa shape index (κ1) is 15.5. The zero-order chi connectivity index (χ0) is 16.6. The van der Waals surface area contributed by atoms with Crippen LogP contribution in [0.1, 0.15) is 11.1 Å². The van der Waals surface area contributed by atoms with Crippen LogP contribution in [0, 0.1) is 12.7 Å². The number of hydrogen-bond acceptors (Lipinski definition) is 4. The summed E-state index contributed by atoms with van der Waals surface area (Å²) in [6.45, 7) is 1.36. The number of nitrogens with one attached hydrogen (secondary N) is 1. The number of nitrogens with zero attached hydrogens (tertiary/aromatic N) is 2. The Hall–Kier alpha value is -2.44. The minimum atomic E-state index is -0.540. The maximum absolute atomic E-state index is 13.2. The summed E-state index contributed by atoms with van der Waals surface area (Å²) < 4.78 is 14.6. The highest BCUT2D eigenvalue weighted by Gasteiger charge is 2.14. The molecule has 0 saturated carbocycles. The molecule has 0 aliphatic rings. The van der Waals surface area contributed by atoms with Gasteiger partial charge in [-0.15, -0.1) is 0 Å². The number of anilines is 2. The first-order chi connectivity index (χ1) is 11.0. The lowest BCUT2D eigenvalue weighted by Crippen LogP contribution is -2.22. The fourth-order valence-corrected chi connectivity index (χ4v) is 2.47. The number of aliphatic hydroxyl groups excluding tert-OH is 1. The summed E-state index contributed by atoms with van der Waals surface area (Å²) in [5.74, 6) is -0.323. The van der Waals surface area contributed by atoms with E-state index in [1.807, 2.05) is 13.0 Å². The normalized spacial score (nSPS) is 11.0. The van der Waals surface area contributed by atoms with Gasteiger partial charge in [-0.25, -0.2) is 9.37 Å². The number of aromatic nitrogens is 2. The van der Waals surface area contributed by atoms with Gasteiger partial charge in [-0.05, 0) is 36.8 Å². The lowest BCUT2D eigenvalue weighted by atomic mass is 10.2. The summed E-state index contributed by atoms with van der Waals surface area (Å²) in [5, 5.41) is 12.4. The summed E-state index contributed by atoms with van der Waals surface area (Å²) in [4.78, 5) is 16.9. The molecule has 1 aromatic carbocycles. The van der Waals surface area contributed by atoms with Crippen molar-refractivity contribution in [2.24, 2.45) is 0 Å². The fourth-order valence-electron chi connectivity index (χ4n) is 2.29. The zero-order valence-electron chi connectivity index (χ0n) is 12.2. The average Bonchev–Trinajstić information content (AvgIpc) is 2.52. The molecule has 0 aliphatic heterocycles. The number of aryl methyl sites for hydroxylation is 1. The maximum Gasteiger partial charge on any atom is 0.265 e. The molecule has 2 N–H and O–H groups in total. The van der Waals surface area contributed by atoms with Crippen LogP contribution in [0.15, 0.2) is 41.3 Å². The Morgan fingerprint density at radius 1 is 1.39 bits per heavy atom. The van der Waals surface area contributed by atoms with Crippen molar-refractivity contribution < 1.29 is 9.50 Å². The van der Waals surface area contributed by atoms with E-state index in [9.17, 15) is 14.3 Å². The lowest BCUT2D eigenvalue weighted by Gasteiger charge is -2.12. The predicted molar refractivity (Wildman–Crippen MR) is 86.8 cm³/mol. The highest BCUT2D eigenvalue weighted by molar-refractivity contribution is 6.31. The van der Waals surface area contributed by atoms with Gasteiger partial charge in [0, 0.05) is 11.9 Å². The Morgan fingerprint density at radius 2 is 2.17 bits per heavy atom. The standard InChI is InChI=1S/C16H13ClFN3O2/c1-9-3-2-6-21-15(9)20-14(11(8-22)16(21)23)19-10-4-5-13(18)12(17)7-10/h2-7,19,22H,8H2,1H3. The Labute approximate surface area is 136 Å². The summed E-state index contributed by atoms with van der Waals surface area (Å²) in [5.41, 5.74) is 1.51. The van der Waals surface area contributed by atoms with Crippen LogP contribution in [0.4, 0.5) is 15.9 Å². The maximum atomic E-state index is 13.2. The van der Waals surface area contributed by atoms with Crippen LogP contribution in [-0.2, 0) is 6.61 Å². The van der Waals surface area contributed by atoms with Crippen LogP contribution in [0.3, 0.4) is 0 Å². The molecule has 0 unspecified atom stereocenters. The number of pyridine rings is 1. The van der Waals surface area contributed by atoms with Gasteiger partial charge in [-0.3, -0.25) is 9.20 Å². The van der Waals surface area contributed by atoms with Gasteiger partial charge >= 0.3 is 0 Å². The first-order valence-electron chi connectivity index (χ1n) is 6.85. The van der Waals surface area contributed by atoms with Gasteiger partial charge in [-0.2, -0.15) is 0 Å². The van der Waals surface area contributed by atoms with E-state index < -0.39 is 12.4 Å². The molecular weight excluding hydrogens is 321 g/mol. The smallest absolute Gasteiger partial charge is 0.265 e. The van der Waals surface area contributed by atoms with Crippen LogP contribution in [0.5, 0.6) is 0 Å². The molecular formula is C16H13ClFN3O2. The zero-order valence-corrected chi connectivity index (χ0v) is 12.9. The Balaban J connectivity index is 2.18. The first-order valence-corrected chi connectivity index (χ1v) is 7.23. The molecule has 0 fully saturated rings. The highest BCUT2D eigenvalue weighted by Crippen LogP contribution is 2.23. The molecule has 0 aliphatic carbocycles. The second-order valence-electron chi connectivity index (χ2n) is 5.04. The van der Waals surface area contributed by atoms with E-state index in [2.05, 4.69) is 10.3 Å². The molecule has 118 valence electrons. The molecule has 0 spiro atoms. The van der Waals surface area contributed by atoms with Crippen molar-refractivity contribution in [3.8, 4) is 0 Å². The van der Waals surface area contributed by atoms with Crippen molar-refractivity contribution in [2.45, 2.75) is 13.5 Å². The van der Waals surface area contributed by atoms with Crippen molar-refractivity contribution in [1.82, 2.24) is 9.38 Å². The molecule has 23 heavy (non-hydrogen) atoms. The van der Waals surface area contributed by atoms with Crippen LogP contribution in [0.25, 0.3) is 5.65 Å². The van der Waals surface area contributed by atoms with Crippen molar-refractivity contribution in [3.63, 3.8) is 0 Å². The molecule has 0 atom stereocenters. The SMILES string of the molecule is Cc1cccn2c(=O)c(CO)c(Nc3ccc(F)c(Cl)c3)nc12. The van der Waals surface area contributed by atoms with E-state index in [1.54, 1.807) is 12.3 Å². The van der Waals surface area contributed by atoms with E-state index in [-0.39, 0.29) is 22.0 Å². The second kappa shape index (κ2) is 5.98. The molecule has 0 amide bonds. The van der Waals surface area contributed by atoms with E-state index >= 15 is 0 Å². The number of halogens is 2. The summed E-state index contributed by atoms with van der Waals surface area (Å²) in [6, 6.07) is 7.64. The van der Waals surface area contributed by atoms with Crippen LogP contribution in [-0.4, -0.2) is 14.5 Å². The van der Waals surface area contributed by atoms with Gasteiger partial charge in [0.15, 0.2) is 0 Å². The third-order valence-corrected chi connectivity index (χ3v) is 3.77. The van der Waals surface area contributed by atoms with Crippen molar-refractivity contribution in [1.29, 1.82) is 0 Å². The fraction of sp³-hybridized carbons (Fsp3) is 0.125. The van der Waals surface area contributed by atoms with E-state index in [0.29, 0.717) is 11.3 Å². The van der Waals surface area contributed by atoms with Crippen LogP contribution in [0.2, 0.25) is 5.02 Å². The van der Waals surface area contributed by atoms with E-state index in [1.165, 1.54) is 22.6 Å². The molecule has 0 bridgehead atoms. The largest absolute Gasteiger partial charge is 0.391 e. The van der Waals surface area contributed by atoms with Crippen molar-refractivity contribution in [2.75, 3.05) is 5.32 Å². The number of rotatable bonds is 3. The summed E-state index contributed by atoms with van der Waals surface area (Å²) in [7, 11) is 0. The topological polar surface area (TPSA) is 66.6 Å². The third kappa shape index (κ3) is 2.78. The molecule has 0 saturated heterocycles. The number of fused-ring (bicyclic) bond motifs is 1. The molecule has 3 aromatic rings. The second-order valence-corrected chi connectivity index (χ2v) is 5.45. The Morgan fingerprint density at radius 3 is 2.87 bits per heavy atom. The summed E-state index contributed by atoms with van der Waals surface area (Å²) >= 11 is 5.75. The molecule has 5 nitrogen and oxygen atoms in total. The van der Waals surface area contributed by atoms with Gasteiger partial charge in [0.05, 0.1) is 17.2 Å². The van der Waals surface area contributed by atoms with Gasteiger partial charge in [0.25, 0.3) is 5.56 Å². The Bertz CT molecular complexity index is 956. The lowest BCUT2D eigenvalue weighted by molar-refractivity contribution is 0.280. The van der Waals surface area contributed by atoms with Gasteiger partial charge in [0.1, 0.15) is 17.3 Å². The van der Waals surface area contributed by atoms with Gasteiger partial charge < -0.3 is 10.4 Å². The third-order valence-electron chi connectivity index (χ3n) is 3.48. The van der Waals surface area contributed by atoms with Gasteiger partial charge in [0.2, 0.25) is 0 Å². The average molecular weight is 334 g/mol. The van der Waals surface area contributed by atoms with Crippen LogP contribution < -0.4 is 10.9 Å². The predicted octanol–water partition coefficient (Wildman–Crippen LogP) is 3.03. The number of benzene rings is 1.